The Labute approximate surface area is 79.1 Å². The number of rotatable bonds is 7. The third kappa shape index (κ3) is 5.61. The fourth-order valence-corrected chi connectivity index (χ4v) is 0.723. The monoisotopic (exact) mass is 188 g/mol. The first-order chi connectivity index (χ1) is 6.26. The van der Waals surface area contributed by atoms with Crippen molar-refractivity contribution in [3.8, 4) is 12.3 Å². The zero-order chi connectivity index (χ0) is 10.1. The molecule has 0 rings (SSSR count). The topological polar surface area (TPSA) is 36.9 Å². The summed E-state index contributed by atoms with van der Waals surface area (Å²) in [4.78, 5) is 0. The Hall–Kier alpha value is -0.600. The van der Waals surface area contributed by atoms with E-state index in [1.54, 1.807) is 7.11 Å². The van der Waals surface area contributed by atoms with Crippen LogP contribution in [-0.2, 0) is 18.9 Å². The molecule has 0 aliphatic carbocycles. The lowest BCUT2D eigenvalue weighted by Gasteiger charge is -2.19. The van der Waals surface area contributed by atoms with Crippen LogP contribution < -0.4 is 0 Å². The first kappa shape index (κ1) is 12.4. The van der Waals surface area contributed by atoms with Crippen LogP contribution >= 0.6 is 0 Å². The van der Waals surface area contributed by atoms with Crippen LogP contribution in [0.15, 0.2) is 0 Å². The van der Waals surface area contributed by atoms with Gasteiger partial charge in [-0.05, 0) is 6.92 Å². The van der Waals surface area contributed by atoms with Gasteiger partial charge in [0.15, 0.2) is 0 Å². The third-order valence-electron chi connectivity index (χ3n) is 1.40. The largest absolute Gasteiger partial charge is 0.359 e. The van der Waals surface area contributed by atoms with E-state index in [0.717, 1.165) is 0 Å². The maximum Gasteiger partial charge on any atom is 0.148 e. The molecular formula is C9H16O4. The molecule has 4 nitrogen and oxygen atoms in total. The Balaban J connectivity index is 3.72. The molecule has 0 aliphatic rings. The maximum atomic E-state index is 5.23. The molecule has 0 unspecified atom stereocenters. The van der Waals surface area contributed by atoms with Crippen LogP contribution in [0.5, 0.6) is 0 Å². The summed E-state index contributed by atoms with van der Waals surface area (Å²) in [5.41, 5.74) is 0. The van der Waals surface area contributed by atoms with Gasteiger partial charge in [0.05, 0.1) is 6.10 Å². The van der Waals surface area contributed by atoms with Crippen molar-refractivity contribution >= 4 is 0 Å². The number of ether oxygens (including phenoxy) is 4. The SMILES string of the molecule is C#C[C@H](OCOC)[C@H](C)OCOC. The highest BCUT2D eigenvalue weighted by atomic mass is 16.7. The first-order valence-electron chi connectivity index (χ1n) is 3.93. The molecule has 0 N–H and O–H groups in total. The van der Waals surface area contributed by atoms with Gasteiger partial charge in [0.1, 0.15) is 19.7 Å². The molecule has 0 saturated carbocycles. The van der Waals surface area contributed by atoms with Gasteiger partial charge in [-0.3, -0.25) is 0 Å². The van der Waals surface area contributed by atoms with E-state index in [9.17, 15) is 0 Å². The zero-order valence-corrected chi connectivity index (χ0v) is 8.28. The highest BCUT2D eigenvalue weighted by Gasteiger charge is 2.15. The molecule has 0 amide bonds. The summed E-state index contributed by atoms with van der Waals surface area (Å²) >= 11 is 0. The van der Waals surface area contributed by atoms with Crippen molar-refractivity contribution in [2.45, 2.75) is 19.1 Å². The predicted molar refractivity (Wildman–Crippen MR) is 48.0 cm³/mol. The highest BCUT2D eigenvalue weighted by Crippen LogP contribution is 2.02. The summed E-state index contributed by atoms with van der Waals surface area (Å²) in [5.74, 6) is 2.46. The molecule has 4 heteroatoms. The molecule has 0 saturated heterocycles. The van der Waals surface area contributed by atoms with Crippen molar-refractivity contribution in [1.82, 2.24) is 0 Å². The van der Waals surface area contributed by atoms with Crippen molar-refractivity contribution in [1.29, 1.82) is 0 Å². The predicted octanol–water partition coefficient (Wildman–Crippen LogP) is 0.618. The van der Waals surface area contributed by atoms with Crippen LogP contribution in [0.25, 0.3) is 0 Å². The lowest BCUT2D eigenvalue weighted by molar-refractivity contribution is -0.134. The molecule has 0 heterocycles. The van der Waals surface area contributed by atoms with E-state index in [-0.39, 0.29) is 19.7 Å². The quantitative estimate of drug-likeness (QED) is 0.433. The molecule has 0 aromatic carbocycles. The second-order valence-electron chi connectivity index (χ2n) is 2.44. The average Bonchev–Trinajstić information content (AvgIpc) is 2.16. The molecule has 0 aromatic rings. The first-order valence-corrected chi connectivity index (χ1v) is 3.93. The van der Waals surface area contributed by atoms with Crippen molar-refractivity contribution in [3.05, 3.63) is 0 Å². The Morgan fingerprint density at radius 3 is 2.15 bits per heavy atom. The third-order valence-corrected chi connectivity index (χ3v) is 1.40. The molecule has 76 valence electrons. The van der Waals surface area contributed by atoms with Crippen LogP contribution in [-0.4, -0.2) is 40.0 Å². The van der Waals surface area contributed by atoms with Crippen LogP contribution in [0.4, 0.5) is 0 Å². The minimum atomic E-state index is -0.407. The standard InChI is InChI=1S/C9H16O4/c1-5-9(13-7-11-4)8(2)12-6-10-3/h1,8-9H,6-7H2,2-4H3/t8-,9-/m0/s1. The van der Waals surface area contributed by atoms with E-state index >= 15 is 0 Å². The maximum absolute atomic E-state index is 5.23. The van der Waals surface area contributed by atoms with Crippen LogP contribution in [0.2, 0.25) is 0 Å². The Morgan fingerprint density at radius 2 is 1.69 bits per heavy atom. The summed E-state index contributed by atoms with van der Waals surface area (Å²) in [6.45, 7) is 2.18. The lowest BCUT2D eigenvalue weighted by atomic mass is 10.2. The molecule has 0 spiro atoms. The summed E-state index contributed by atoms with van der Waals surface area (Å²) in [6, 6.07) is 0. The van der Waals surface area contributed by atoms with Crippen molar-refractivity contribution in [3.63, 3.8) is 0 Å². The fourth-order valence-electron chi connectivity index (χ4n) is 0.723. The molecule has 0 aliphatic heterocycles. The molecule has 13 heavy (non-hydrogen) atoms. The Bertz CT molecular complexity index is 152. The molecular weight excluding hydrogens is 172 g/mol. The molecule has 0 bridgehead atoms. The van der Waals surface area contributed by atoms with Gasteiger partial charge in [0, 0.05) is 14.2 Å². The van der Waals surface area contributed by atoms with Gasteiger partial charge in [-0.1, -0.05) is 5.92 Å². The van der Waals surface area contributed by atoms with Gasteiger partial charge in [0.25, 0.3) is 0 Å². The Kier molecular flexibility index (Phi) is 7.65. The second kappa shape index (κ2) is 8.02. The minimum absolute atomic E-state index is 0.162. The normalized spacial score (nSPS) is 14.9. The van der Waals surface area contributed by atoms with Crippen LogP contribution in [0.1, 0.15) is 6.92 Å². The minimum Gasteiger partial charge on any atom is -0.359 e. The number of hydrogen-bond acceptors (Lipinski definition) is 4. The number of hydrogen-bond donors (Lipinski definition) is 0. The van der Waals surface area contributed by atoms with Crippen LogP contribution in [0, 0.1) is 12.3 Å². The molecule has 0 radical (unpaired) electrons. The second-order valence-corrected chi connectivity index (χ2v) is 2.44. The van der Waals surface area contributed by atoms with Gasteiger partial charge in [-0.15, -0.1) is 6.42 Å². The van der Waals surface area contributed by atoms with Gasteiger partial charge >= 0.3 is 0 Å². The van der Waals surface area contributed by atoms with E-state index in [4.69, 9.17) is 25.4 Å². The average molecular weight is 188 g/mol. The van der Waals surface area contributed by atoms with Gasteiger partial charge < -0.3 is 18.9 Å². The highest BCUT2D eigenvalue weighted by molar-refractivity contribution is 4.97. The van der Waals surface area contributed by atoms with Gasteiger partial charge in [0.2, 0.25) is 0 Å². The van der Waals surface area contributed by atoms with E-state index < -0.39 is 6.10 Å². The van der Waals surface area contributed by atoms with E-state index in [0.29, 0.717) is 0 Å². The van der Waals surface area contributed by atoms with Gasteiger partial charge in [-0.2, -0.15) is 0 Å². The summed E-state index contributed by atoms with van der Waals surface area (Å²) in [6.07, 6.45) is 4.62. The molecule has 0 fully saturated rings. The van der Waals surface area contributed by atoms with Crippen molar-refractivity contribution in [2.75, 3.05) is 27.8 Å². The summed E-state index contributed by atoms with van der Waals surface area (Å²) in [5, 5.41) is 0. The summed E-state index contributed by atoms with van der Waals surface area (Å²) in [7, 11) is 3.09. The lowest BCUT2D eigenvalue weighted by Crippen LogP contribution is -2.29. The van der Waals surface area contributed by atoms with E-state index in [1.165, 1.54) is 7.11 Å². The molecule has 0 aromatic heterocycles. The zero-order valence-electron chi connectivity index (χ0n) is 8.28. The van der Waals surface area contributed by atoms with Crippen molar-refractivity contribution in [2.24, 2.45) is 0 Å². The summed E-state index contributed by atoms with van der Waals surface area (Å²) < 4.78 is 19.8. The van der Waals surface area contributed by atoms with E-state index in [2.05, 4.69) is 5.92 Å². The van der Waals surface area contributed by atoms with Gasteiger partial charge in [-0.25, -0.2) is 0 Å². The number of terminal acetylenes is 1. The van der Waals surface area contributed by atoms with E-state index in [1.807, 2.05) is 6.92 Å². The Morgan fingerprint density at radius 1 is 1.15 bits per heavy atom. The smallest absolute Gasteiger partial charge is 0.148 e. The molecule has 2 atom stereocenters. The number of methoxy groups -OCH3 is 2. The van der Waals surface area contributed by atoms with Crippen molar-refractivity contribution < 1.29 is 18.9 Å². The van der Waals surface area contributed by atoms with Crippen LogP contribution in [0.3, 0.4) is 0 Å². The fraction of sp³-hybridized carbons (Fsp3) is 0.778.